The number of carbonyl (C=O) groups excluding carboxylic acids is 1. The van der Waals surface area contributed by atoms with Crippen molar-refractivity contribution in [3.63, 3.8) is 0 Å². The molecule has 1 unspecified atom stereocenters. The van der Waals surface area contributed by atoms with Gasteiger partial charge in [0, 0.05) is 13.7 Å². The lowest BCUT2D eigenvalue weighted by molar-refractivity contribution is -0.119. The summed E-state index contributed by atoms with van der Waals surface area (Å²) >= 11 is 0. The predicted octanol–water partition coefficient (Wildman–Crippen LogP) is 0.0941. The molecular weight excluding hydrogens is 170 g/mol. The molecule has 1 saturated heterocycles. The van der Waals surface area contributed by atoms with Gasteiger partial charge in [0.1, 0.15) is 0 Å². The van der Waals surface area contributed by atoms with E-state index in [9.17, 15) is 4.79 Å². The van der Waals surface area contributed by atoms with Gasteiger partial charge in [0.25, 0.3) is 0 Å². The third kappa shape index (κ3) is 2.54. The number of hydrogen-bond donors (Lipinski definition) is 1. The quantitative estimate of drug-likeness (QED) is 0.632. The van der Waals surface area contributed by atoms with Crippen molar-refractivity contribution in [3.8, 4) is 0 Å². The van der Waals surface area contributed by atoms with Gasteiger partial charge in [-0.15, -0.1) is 0 Å². The van der Waals surface area contributed by atoms with E-state index >= 15 is 0 Å². The molecule has 1 aliphatic heterocycles. The van der Waals surface area contributed by atoms with E-state index in [-0.39, 0.29) is 11.4 Å². The average molecular weight is 185 g/mol. The molecular formula is C9H15NO3. The van der Waals surface area contributed by atoms with Crippen LogP contribution >= 0.6 is 0 Å². The van der Waals surface area contributed by atoms with Gasteiger partial charge in [-0.05, 0) is 12.5 Å². The highest BCUT2D eigenvalue weighted by molar-refractivity contribution is 5.87. The fourth-order valence-corrected chi connectivity index (χ4v) is 1.44. The number of methoxy groups -OCH3 is 1. The molecule has 0 aromatic rings. The van der Waals surface area contributed by atoms with E-state index in [1.54, 1.807) is 7.11 Å². The summed E-state index contributed by atoms with van der Waals surface area (Å²) in [5.74, 6) is -0.178. The number of carbonyl (C=O) groups is 1. The average Bonchev–Trinajstić information content (AvgIpc) is 2.54. The predicted molar refractivity (Wildman–Crippen MR) is 48.4 cm³/mol. The van der Waals surface area contributed by atoms with Crippen molar-refractivity contribution in [1.82, 2.24) is 5.32 Å². The Morgan fingerprint density at radius 3 is 3.08 bits per heavy atom. The van der Waals surface area contributed by atoms with Crippen LogP contribution in [0.1, 0.15) is 6.42 Å². The van der Waals surface area contributed by atoms with Crippen LogP contribution in [0.2, 0.25) is 0 Å². The van der Waals surface area contributed by atoms with E-state index in [0.717, 1.165) is 6.42 Å². The van der Waals surface area contributed by atoms with Gasteiger partial charge >= 0.3 is 0 Å². The zero-order valence-electron chi connectivity index (χ0n) is 7.84. The van der Waals surface area contributed by atoms with Crippen molar-refractivity contribution < 1.29 is 14.3 Å². The number of rotatable bonds is 4. The summed E-state index contributed by atoms with van der Waals surface area (Å²) in [7, 11) is 1.61. The Bertz CT molecular complexity index is 197. The molecule has 0 radical (unpaired) electrons. The number of ether oxygens (including phenoxy) is 2. The number of hydrogen-bond acceptors (Lipinski definition) is 3. The van der Waals surface area contributed by atoms with Gasteiger partial charge in [-0.25, -0.2) is 0 Å². The third-order valence-corrected chi connectivity index (χ3v) is 2.10. The molecule has 1 rings (SSSR count). The van der Waals surface area contributed by atoms with Crippen LogP contribution in [0.25, 0.3) is 0 Å². The maximum Gasteiger partial charge on any atom is 0.243 e. The molecule has 4 nitrogen and oxygen atoms in total. The molecule has 1 amide bonds. The first kappa shape index (κ1) is 10.2. The van der Waals surface area contributed by atoms with Crippen LogP contribution in [0, 0.1) is 0 Å². The minimum Gasteiger partial charge on any atom is -0.382 e. The molecule has 1 heterocycles. The second-order valence-corrected chi connectivity index (χ2v) is 3.21. The molecule has 4 heteroatoms. The lowest BCUT2D eigenvalue weighted by Crippen LogP contribution is -2.51. The lowest BCUT2D eigenvalue weighted by Gasteiger charge is -2.27. The smallest absolute Gasteiger partial charge is 0.243 e. The first-order valence-corrected chi connectivity index (χ1v) is 4.24. The minimum absolute atomic E-state index is 0.178. The first-order chi connectivity index (χ1) is 6.22. The van der Waals surface area contributed by atoms with Crippen LogP contribution in [-0.4, -0.2) is 38.4 Å². The molecule has 1 atom stereocenters. The number of nitrogens with one attached hydrogen (secondary N) is 1. The SMILES string of the molecule is C=CC(=O)NC1(COC)CCOC1. The number of amides is 1. The van der Waals surface area contributed by atoms with Gasteiger partial charge in [-0.1, -0.05) is 6.58 Å². The summed E-state index contributed by atoms with van der Waals surface area (Å²) in [5.41, 5.74) is -0.347. The van der Waals surface area contributed by atoms with Gasteiger partial charge in [-0.2, -0.15) is 0 Å². The van der Waals surface area contributed by atoms with Crippen molar-refractivity contribution >= 4 is 5.91 Å². The molecule has 1 fully saturated rings. The third-order valence-electron chi connectivity index (χ3n) is 2.10. The molecule has 0 aliphatic carbocycles. The van der Waals surface area contributed by atoms with Gasteiger partial charge in [0.05, 0.1) is 18.8 Å². The highest BCUT2D eigenvalue weighted by atomic mass is 16.5. The van der Waals surface area contributed by atoms with E-state index in [4.69, 9.17) is 9.47 Å². The highest BCUT2D eigenvalue weighted by Crippen LogP contribution is 2.18. The standard InChI is InChI=1S/C9H15NO3/c1-3-8(11)10-9(6-12-2)4-5-13-7-9/h3H,1,4-7H2,2H3,(H,10,11). The Hall–Kier alpha value is -0.870. The fraction of sp³-hybridized carbons (Fsp3) is 0.667. The monoisotopic (exact) mass is 185 g/mol. The van der Waals surface area contributed by atoms with E-state index in [2.05, 4.69) is 11.9 Å². The topological polar surface area (TPSA) is 47.6 Å². The summed E-state index contributed by atoms with van der Waals surface area (Å²) < 4.78 is 10.3. The highest BCUT2D eigenvalue weighted by Gasteiger charge is 2.35. The van der Waals surface area contributed by atoms with Crippen molar-refractivity contribution in [2.45, 2.75) is 12.0 Å². The van der Waals surface area contributed by atoms with E-state index in [1.165, 1.54) is 6.08 Å². The van der Waals surface area contributed by atoms with E-state index in [1.807, 2.05) is 0 Å². The van der Waals surface area contributed by atoms with Gasteiger partial charge in [-0.3, -0.25) is 4.79 Å². The van der Waals surface area contributed by atoms with Crippen LogP contribution in [0.15, 0.2) is 12.7 Å². The van der Waals surface area contributed by atoms with Crippen LogP contribution in [-0.2, 0) is 14.3 Å². The first-order valence-electron chi connectivity index (χ1n) is 4.24. The van der Waals surface area contributed by atoms with E-state index in [0.29, 0.717) is 19.8 Å². The van der Waals surface area contributed by atoms with Crippen LogP contribution in [0.4, 0.5) is 0 Å². The molecule has 0 saturated carbocycles. The molecule has 0 spiro atoms. The largest absolute Gasteiger partial charge is 0.382 e. The van der Waals surface area contributed by atoms with Crippen LogP contribution in [0.5, 0.6) is 0 Å². The molecule has 0 aromatic carbocycles. The van der Waals surface area contributed by atoms with Crippen molar-refractivity contribution in [3.05, 3.63) is 12.7 Å². The summed E-state index contributed by atoms with van der Waals surface area (Å²) in [6, 6.07) is 0. The zero-order chi connectivity index (χ0) is 9.73. The Kier molecular flexibility index (Phi) is 3.45. The van der Waals surface area contributed by atoms with Crippen LogP contribution in [0.3, 0.4) is 0 Å². The van der Waals surface area contributed by atoms with Crippen molar-refractivity contribution in [2.24, 2.45) is 0 Å². The maximum absolute atomic E-state index is 11.1. The Morgan fingerprint density at radius 2 is 2.62 bits per heavy atom. The lowest BCUT2D eigenvalue weighted by atomic mass is 10.00. The zero-order valence-corrected chi connectivity index (χ0v) is 7.84. The summed E-state index contributed by atoms with van der Waals surface area (Å²) in [4.78, 5) is 11.1. The Morgan fingerprint density at radius 1 is 1.85 bits per heavy atom. The van der Waals surface area contributed by atoms with Crippen LogP contribution < -0.4 is 5.32 Å². The molecule has 74 valence electrons. The Labute approximate surface area is 77.9 Å². The van der Waals surface area contributed by atoms with Gasteiger partial charge in [0.2, 0.25) is 5.91 Å². The minimum atomic E-state index is -0.347. The summed E-state index contributed by atoms with van der Waals surface area (Å²) in [6.45, 7) is 5.06. The molecule has 1 N–H and O–H groups in total. The van der Waals surface area contributed by atoms with Gasteiger partial charge < -0.3 is 14.8 Å². The molecule has 13 heavy (non-hydrogen) atoms. The molecule has 1 aliphatic rings. The normalized spacial score (nSPS) is 27.2. The Balaban J connectivity index is 2.55. The summed E-state index contributed by atoms with van der Waals surface area (Å²) in [5, 5.41) is 2.84. The maximum atomic E-state index is 11.1. The second kappa shape index (κ2) is 4.39. The fourth-order valence-electron chi connectivity index (χ4n) is 1.44. The second-order valence-electron chi connectivity index (χ2n) is 3.21. The van der Waals surface area contributed by atoms with Gasteiger partial charge in [0.15, 0.2) is 0 Å². The van der Waals surface area contributed by atoms with Crippen molar-refractivity contribution in [2.75, 3.05) is 26.9 Å². The van der Waals surface area contributed by atoms with Crippen molar-refractivity contribution in [1.29, 1.82) is 0 Å². The van der Waals surface area contributed by atoms with E-state index < -0.39 is 0 Å². The summed E-state index contributed by atoms with van der Waals surface area (Å²) in [6.07, 6.45) is 2.05. The molecule has 0 bridgehead atoms. The molecule has 0 aromatic heterocycles.